The molecule has 1 atom stereocenters. The molecule has 2 aliphatic rings. The first-order valence-electron chi connectivity index (χ1n) is 9.64. The molecule has 1 saturated heterocycles. The molecule has 1 aliphatic carbocycles. The van der Waals surface area contributed by atoms with Gasteiger partial charge in [0, 0.05) is 45.6 Å². The van der Waals surface area contributed by atoms with Crippen molar-refractivity contribution >= 4 is 28.9 Å². The molecule has 4 rings (SSSR count). The maximum Gasteiger partial charge on any atom is 0.335 e. The van der Waals surface area contributed by atoms with Crippen LogP contribution in [0.1, 0.15) is 42.5 Å². The number of aryl methyl sites for hydroxylation is 1. The highest BCUT2D eigenvalue weighted by atomic mass is 16.4. The van der Waals surface area contributed by atoms with Crippen LogP contribution in [0.15, 0.2) is 18.2 Å². The summed E-state index contributed by atoms with van der Waals surface area (Å²) in [6.07, 6.45) is 5.36. The lowest BCUT2D eigenvalue weighted by molar-refractivity contribution is -0.129. The number of rotatable bonds is 5. The third kappa shape index (κ3) is 3.26. The van der Waals surface area contributed by atoms with Crippen molar-refractivity contribution in [2.24, 2.45) is 13.0 Å². The first-order chi connectivity index (χ1) is 12.9. The highest BCUT2D eigenvalue weighted by molar-refractivity contribution is 5.93. The minimum atomic E-state index is -0.950. The topological polar surface area (TPSA) is 78.7 Å². The number of fused-ring (bicyclic) bond motifs is 1. The molecule has 1 unspecified atom stereocenters. The van der Waals surface area contributed by atoms with Crippen molar-refractivity contribution in [3.8, 4) is 0 Å². The number of anilines is 1. The van der Waals surface area contributed by atoms with Crippen LogP contribution < -0.4 is 4.90 Å². The fourth-order valence-corrected chi connectivity index (χ4v) is 4.63. The van der Waals surface area contributed by atoms with Crippen LogP contribution in [-0.2, 0) is 11.8 Å². The van der Waals surface area contributed by atoms with E-state index in [0.29, 0.717) is 23.9 Å². The number of carbonyl (C=O) groups excluding carboxylic acids is 1. The second-order valence-corrected chi connectivity index (χ2v) is 7.91. The van der Waals surface area contributed by atoms with Crippen molar-refractivity contribution in [2.45, 2.75) is 38.1 Å². The Hall–Kier alpha value is -2.57. The molecule has 2 aromatic rings. The summed E-state index contributed by atoms with van der Waals surface area (Å²) < 4.78 is 1.98. The van der Waals surface area contributed by atoms with Gasteiger partial charge >= 0.3 is 5.97 Å². The maximum atomic E-state index is 12.4. The van der Waals surface area contributed by atoms with Gasteiger partial charge in [0.2, 0.25) is 11.9 Å². The summed E-state index contributed by atoms with van der Waals surface area (Å²) >= 11 is 0. The number of aromatic nitrogens is 2. The van der Waals surface area contributed by atoms with Crippen molar-refractivity contribution in [3.63, 3.8) is 0 Å². The molecule has 2 heterocycles. The van der Waals surface area contributed by atoms with E-state index >= 15 is 0 Å². The van der Waals surface area contributed by atoms with Crippen LogP contribution in [0.5, 0.6) is 0 Å². The summed E-state index contributed by atoms with van der Waals surface area (Å²) in [6, 6.07) is 5.45. The first kappa shape index (κ1) is 17.8. The Balaban J connectivity index is 1.49. The standard InChI is InChI=1S/C20H26N4O3/c1-22(11-13-9-18(25)24(12-13)15-5-3-4-6-15)20-21-16-10-14(19(26)27)7-8-17(16)23(20)2/h7-8,10,13,15H,3-6,9,11-12H2,1-2H3,(H,26,27). The van der Waals surface area contributed by atoms with Gasteiger partial charge in [-0.2, -0.15) is 0 Å². The lowest BCUT2D eigenvalue weighted by Crippen LogP contribution is -2.35. The first-order valence-corrected chi connectivity index (χ1v) is 9.64. The number of amides is 1. The van der Waals surface area contributed by atoms with Gasteiger partial charge in [-0.25, -0.2) is 9.78 Å². The third-order valence-corrected chi connectivity index (χ3v) is 5.98. The summed E-state index contributed by atoms with van der Waals surface area (Å²) in [5.74, 6) is 0.433. The van der Waals surface area contributed by atoms with Crippen LogP contribution in [0, 0.1) is 5.92 Å². The lowest BCUT2D eigenvalue weighted by atomic mass is 10.1. The fourth-order valence-electron chi connectivity index (χ4n) is 4.63. The van der Waals surface area contributed by atoms with Gasteiger partial charge in [-0.15, -0.1) is 0 Å². The van der Waals surface area contributed by atoms with Gasteiger partial charge in [-0.3, -0.25) is 4.79 Å². The summed E-state index contributed by atoms with van der Waals surface area (Å²) in [5.41, 5.74) is 1.81. The minimum absolute atomic E-state index is 0.239. The largest absolute Gasteiger partial charge is 0.478 e. The zero-order valence-electron chi connectivity index (χ0n) is 15.9. The lowest BCUT2D eigenvalue weighted by Gasteiger charge is -2.25. The van der Waals surface area contributed by atoms with Crippen LogP contribution in [0.2, 0.25) is 0 Å². The van der Waals surface area contributed by atoms with Crippen molar-refractivity contribution in [1.29, 1.82) is 0 Å². The molecule has 7 nitrogen and oxygen atoms in total. The third-order valence-electron chi connectivity index (χ3n) is 5.98. The molecule has 1 amide bonds. The van der Waals surface area contributed by atoms with E-state index in [9.17, 15) is 14.7 Å². The van der Waals surface area contributed by atoms with E-state index in [0.717, 1.165) is 37.4 Å². The Morgan fingerprint density at radius 1 is 1.33 bits per heavy atom. The van der Waals surface area contributed by atoms with Crippen LogP contribution in [0.4, 0.5) is 5.95 Å². The molecule has 0 radical (unpaired) electrons. The van der Waals surface area contributed by atoms with E-state index in [1.165, 1.54) is 12.8 Å². The molecular formula is C20H26N4O3. The number of carbonyl (C=O) groups is 2. The molecule has 0 bridgehead atoms. The van der Waals surface area contributed by atoms with Crippen molar-refractivity contribution in [2.75, 3.05) is 25.0 Å². The van der Waals surface area contributed by atoms with Gasteiger partial charge in [0.15, 0.2) is 0 Å². The molecular weight excluding hydrogens is 344 g/mol. The van der Waals surface area contributed by atoms with Crippen LogP contribution in [0.25, 0.3) is 11.0 Å². The quantitative estimate of drug-likeness (QED) is 0.875. The Bertz CT molecular complexity index is 885. The second kappa shape index (κ2) is 6.87. The zero-order valence-corrected chi connectivity index (χ0v) is 15.9. The predicted molar refractivity (Wildman–Crippen MR) is 103 cm³/mol. The Labute approximate surface area is 158 Å². The van der Waals surface area contributed by atoms with Gasteiger partial charge in [0.05, 0.1) is 16.6 Å². The fraction of sp³-hybridized carbons (Fsp3) is 0.550. The number of likely N-dealkylation sites (tertiary alicyclic amines) is 1. The average molecular weight is 370 g/mol. The van der Waals surface area contributed by atoms with E-state index in [4.69, 9.17) is 0 Å². The van der Waals surface area contributed by atoms with Gasteiger partial charge in [-0.1, -0.05) is 12.8 Å². The van der Waals surface area contributed by atoms with Crippen molar-refractivity contribution in [3.05, 3.63) is 23.8 Å². The number of carboxylic acids is 1. The van der Waals surface area contributed by atoms with E-state index in [-0.39, 0.29) is 11.5 Å². The van der Waals surface area contributed by atoms with Crippen molar-refractivity contribution in [1.82, 2.24) is 14.5 Å². The molecule has 0 spiro atoms. The normalized spacial score (nSPS) is 20.7. The molecule has 1 N–H and O–H groups in total. The van der Waals surface area contributed by atoms with E-state index in [1.807, 2.05) is 18.7 Å². The average Bonchev–Trinajstić information content (AvgIpc) is 3.34. The number of benzene rings is 1. The summed E-state index contributed by atoms with van der Waals surface area (Å²) in [7, 11) is 3.92. The van der Waals surface area contributed by atoms with Gasteiger partial charge in [-0.05, 0) is 31.0 Å². The van der Waals surface area contributed by atoms with Crippen LogP contribution in [-0.4, -0.2) is 57.6 Å². The summed E-state index contributed by atoms with van der Waals surface area (Å²) in [6.45, 7) is 1.60. The number of hydrogen-bond donors (Lipinski definition) is 1. The van der Waals surface area contributed by atoms with Crippen LogP contribution >= 0.6 is 0 Å². The number of carboxylic acid groups (broad SMARTS) is 1. The number of aromatic carboxylic acids is 1. The van der Waals surface area contributed by atoms with Gasteiger partial charge in [0.25, 0.3) is 0 Å². The minimum Gasteiger partial charge on any atom is -0.478 e. The van der Waals surface area contributed by atoms with Gasteiger partial charge in [0.1, 0.15) is 0 Å². The Morgan fingerprint density at radius 3 is 2.78 bits per heavy atom. The highest BCUT2D eigenvalue weighted by Gasteiger charge is 2.36. The molecule has 1 aliphatic heterocycles. The number of imidazole rings is 1. The highest BCUT2D eigenvalue weighted by Crippen LogP contribution is 2.30. The predicted octanol–water partition coefficient (Wildman–Crippen LogP) is 2.50. The van der Waals surface area contributed by atoms with Gasteiger partial charge < -0.3 is 19.5 Å². The van der Waals surface area contributed by atoms with Crippen LogP contribution in [0.3, 0.4) is 0 Å². The number of hydrogen-bond acceptors (Lipinski definition) is 4. The molecule has 27 heavy (non-hydrogen) atoms. The van der Waals surface area contributed by atoms with E-state index in [1.54, 1.807) is 18.2 Å². The molecule has 1 saturated carbocycles. The molecule has 7 heteroatoms. The maximum absolute atomic E-state index is 12.4. The second-order valence-electron chi connectivity index (χ2n) is 7.91. The van der Waals surface area contributed by atoms with E-state index < -0.39 is 5.97 Å². The molecule has 1 aromatic carbocycles. The Kier molecular flexibility index (Phi) is 4.53. The van der Waals surface area contributed by atoms with E-state index in [2.05, 4.69) is 14.8 Å². The summed E-state index contributed by atoms with van der Waals surface area (Å²) in [4.78, 5) is 32.4. The zero-order chi connectivity index (χ0) is 19.1. The van der Waals surface area contributed by atoms with Crippen molar-refractivity contribution < 1.29 is 14.7 Å². The molecule has 144 valence electrons. The Morgan fingerprint density at radius 2 is 2.07 bits per heavy atom. The molecule has 1 aromatic heterocycles. The SMILES string of the molecule is CN(CC1CC(=O)N(C2CCCC2)C1)c1nc2cc(C(=O)O)ccc2n1C. The summed E-state index contributed by atoms with van der Waals surface area (Å²) in [5, 5.41) is 9.18. The monoisotopic (exact) mass is 370 g/mol. The molecule has 2 fully saturated rings. The smallest absolute Gasteiger partial charge is 0.335 e. The number of nitrogens with zero attached hydrogens (tertiary/aromatic N) is 4.